The Bertz CT molecular complexity index is 386. The first-order valence-electron chi connectivity index (χ1n) is 3.43. The molecule has 7 heteroatoms. The third-order valence-electron chi connectivity index (χ3n) is 1.45. The summed E-state index contributed by atoms with van der Waals surface area (Å²) < 4.78 is 21.9. The van der Waals surface area contributed by atoms with Crippen LogP contribution in [-0.2, 0) is 9.84 Å². The Morgan fingerprint density at radius 1 is 1.38 bits per heavy atom. The largest absolute Gasteiger partial charge is 0.508 e. The second-order valence-corrected chi connectivity index (χ2v) is 4.58. The molecule has 0 radical (unpaired) electrons. The minimum absolute atomic E-state index is 0.0207. The van der Waals surface area contributed by atoms with Gasteiger partial charge in [-0.1, -0.05) is 0 Å². The number of nitrogens with zero attached hydrogens (tertiary/aromatic N) is 1. The van der Waals surface area contributed by atoms with Crippen LogP contribution in [0.15, 0.2) is 23.2 Å². The average molecular weight is 201 g/mol. The molecule has 0 spiro atoms. The first kappa shape index (κ1) is 10.2. The van der Waals surface area contributed by atoms with Crippen molar-refractivity contribution >= 4 is 22.5 Å². The number of sulfone groups is 1. The summed E-state index contributed by atoms with van der Waals surface area (Å²) in [5.74, 6) is 0. The van der Waals surface area contributed by atoms with Crippen molar-refractivity contribution in [3.05, 3.63) is 18.3 Å². The molecule has 0 aliphatic heterocycles. The highest BCUT2D eigenvalue weighted by Gasteiger charge is 2.14. The van der Waals surface area contributed by atoms with Gasteiger partial charge in [0.05, 0.1) is 10.5 Å². The molecule has 13 heavy (non-hydrogen) atoms. The van der Waals surface area contributed by atoms with E-state index in [1.165, 1.54) is 12.1 Å². The first-order valence-corrected chi connectivity index (χ1v) is 5.32. The lowest BCUT2D eigenvalue weighted by Crippen LogP contribution is -2.32. The van der Waals surface area contributed by atoms with Crippen LogP contribution in [0.2, 0.25) is 0 Å². The van der Waals surface area contributed by atoms with Crippen LogP contribution in [0.1, 0.15) is 0 Å². The van der Waals surface area contributed by atoms with Gasteiger partial charge >= 0.3 is 7.12 Å². The molecule has 0 bridgehead atoms. The van der Waals surface area contributed by atoms with Gasteiger partial charge < -0.3 is 10.0 Å². The first-order chi connectivity index (χ1) is 5.91. The van der Waals surface area contributed by atoms with Gasteiger partial charge in [0, 0.05) is 12.5 Å². The number of aromatic nitrogens is 1. The average Bonchev–Trinajstić information content (AvgIpc) is 2.03. The van der Waals surface area contributed by atoms with E-state index in [9.17, 15) is 8.42 Å². The SMILES string of the molecule is CS(=O)(=O)c1ccc(B(O)O)nc1. The van der Waals surface area contributed by atoms with E-state index < -0.39 is 17.0 Å². The van der Waals surface area contributed by atoms with E-state index >= 15 is 0 Å². The zero-order chi connectivity index (χ0) is 10.1. The van der Waals surface area contributed by atoms with Crippen molar-refractivity contribution in [2.45, 2.75) is 4.90 Å². The van der Waals surface area contributed by atoms with Gasteiger partial charge in [-0.05, 0) is 12.1 Å². The predicted octanol–water partition coefficient (Wildman–Crippen LogP) is -1.84. The maximum atomic E-state index is 10.9. The molecule has 0 amide bonds. The fourth-order valence-corrected chi connectivity index (χ4v) is 1.32. The Morgan fingerprint density at radius 2 is 2.00 bits per heavy atom. The highest BCUT2D eigenvalue weighted by molar-refractivity contribution is 7.90. The van der Waals surface area contributed by atoms with Crippen molar-refractivity contribution in [1.82, 2.24) is 4.98 Å². The second-order valence-electron chi connectivity index (χ2n) is 2.56. The highest BCUT2D eigenvalue weighted by Crippen LogP contribution is 2.03. The van der Waals surface area contributed by atoms with Crippen LogP contribution in [0.25, 0.3) is 0 Å². The van der Waals surface area contributed by atoms with Gasteiger partial charge in [-0.15, -0.1) is 0 Å². The van der Waals surface area contributed by atoms with Crippen molar-refractivity contribution in [1.29, 1.82) is 0 Å². The summed E-state index contributed by atoms with van der Waals surface area (Å²) in [5, 5.41) is 17.3. The van der Waals surface area contributed by atoms with Gasteiger partial charge in [0.25, 0.3) is 0 Å². The van der Waals surface area contributed by atoms with Gasteiger partial charge in [0.1, 0.15) is 0 Å². The smallest absolute Gasteiger partial charge is 0.422 e. The zero-order valence-corrected chi connectivity index (χ0v) is 7.69. The third kappa shape index (κ3) is 2.51. The van der Waals surface area contributed by atoms with Crippen molar-refractivity contribution < 1.29 is 18.5 Å². The van der Waals surface area contributed by atoms with Crippen LogP contribution < -0.4 is 5.59 Å². The molecular formula is C6H8BNO4S. The normalized spacial score (nSPS) is 11.3. The molecule has 0 atom stereocenters. The van der Waals surface area contributed by atoms with Crippen LogP contribution in [0, 0.1) is 0 Å². The summed E-state index contributed by atoms with van der Waals surface area (Å²) in [7, 11) is -4.94. The molecule has 1 rings (SSSR count). The molecule has 1 heterocycles. The van der Waals surface area contributed by atoms with Gasteiger partial charge in [-0.3, -0.25) is 4.98 Å². The summed E-state index contributed by atoms with van der Waals surface area (Å²) in [6, 6.07) is 2.53. The summed E-state index contributed by atoms with van der Waals surface area (Å²) in [4.78, 5) is 3.62. The summed E-state index contributed by atoms with van der Waals surface area (Å²) in [5.41, 5.74) is 0.0207. The summed E-state index contributed by atoms with van der Waals surface area (Å²) >= 11 is 0. The minimum atomic E-state index is -3.27. The lowest BCUT2D eigenvalue weighted by Gasteiger charge is -1.99. The molecule has 0 aliphatic carbocycles. The van der Waals surface area contributed by atoms with E-state index in [0.717, 1.165) is 12.5 Å². The molecule has 0 aliphatic rings. The number of pyridine rings is 1. The van der Waals surface area contributed by atoms with Crippen LogP contribution >= 0.6 is 0 Å². The van der Waals surface area contributed by atoms with Crippen molar-refractivity contribution in [2.24, 2.45) is 0 Å². The topological polar surface area (TPSA) is 87.5 Å². The molecule has 1 aromatic rings. The monoisotopic (exact) mass is 201 g/mol. The predicted molar refractivity (Wildman–Crippen MR) is 47.2 cm³/mol. The minimum Gasteiger partial charge on any atom is -0.422 e. The van der Waals surface area contributed by atoms with E-state index in [1.54, 1.807) is 0 Å². The van der Waals surface area contributed by atoms with Gasteiger partial charge in [0.15, 0.2) is 9.84 Å². The van der Waals surface area contributed by atoms with Gasteiger partial charge in [-0.2, -0.15) is 0 Å². The van der Waals surface area contributed by atoms with E-state index in [-0.39, 0.29) is 10.5 Å². The molecule has 0 unspecified atom stereocenters. The van der Waals surface area contributed by atoms with Crippen LogP contribution in [0.5, 0.6) is 0 Å². The number of hydrogen-bond acceptors (Lipinski definition) is 5. The molecule has 5 nitrogen and oxygen atoms in total. The Hall–Kier alpha value is -0.915. The molecule has 0 fully saturated rings. The van der Waals surface area contributed by atoms with Crippen molar-refractivity contribution in [3.8, 4) is 0 Å². The standard InChI is InChI=1S/C6H8BNO4S/c1-13(11,12)5-2-3-6(7(9)10)8-4-5/h2-4,9-10H,1H3. The maximum Gasteiger partial charge on any atom is 0.508 e. The second kappa shape index (κ2) is 3.45. The van der Waals surface area contributed by atoms with E-state index in [1.807, 2.05) is 0 Å². The van der Waals surface area contributed by atoms with Crippen molar-refractivity contribution in [2.75, 3.05) is 6.26 Å². The molecule has 2 N–H and O–H groups in total. The van der Waals surface area contributed by atoms with Crippen LogP contribution in [0.4, 0.5) is 0 Å². The quantitative estimate of drug-likeness (QED) is 0.549. The van der Waals surface area contributed by atoms with Gasteiger partial charge in [0.2, 0.25) is 0 Å². The Balaban J connectivity index is 3.08. The molecular weight excluding hydrogens is 193 g/mol. The van der Waals surface area contributed by atoms with Gasteiger partial charge in [-0.25, -0.2) is 8.42 Å². The molecule has 70 valence electrons. The fraction of sp³-hybridized carbons (Fsp3) is 0.167. The molecule has 0 saturated carbocycles. The molecule has 0 saturated heterocycles. The lowest BCUT2D eigenvalue weighted by molar-refractivity contribution is 0.424. The van der Waals surface area contributed by atoms with E-state index in [2.05, 4.69) is 4.98 Å². The third-order valence-corrected chi connectivity index (χ3v) is 2.55. The Morgan fingerprint density at radius 3 is 2.31 bits per heavy atom. The molecule has 0 aromatic carbocycles. The summed E-state index contributed by atoms with van der Waals surface area (Å²) in [6.45, 7) is 0. The summed E-state index contributed by atoms with van der Waals surface area (Å²) in [6.07, 6.45) is 2.14. The lowest BCUT2D eigenvalue weighted by atomic mass is 9.86. The maximum absolute atomic E-state index is 10.9. The Labute approximate surface area is 76.1 Å². The van der Waals surface area contributed by atoms with Crippen LogP contribution in [-0.4, -0.2) is 36.8 Å². The number of rotatable bonds is 2. The van der Waals surface area contributed by atoms with E-state index in [4.69, 9.17) is 10.0 Å². The molecule has 1 aromatic heterocycles. The van der Waals surface area contributed by atoms with Crippen molar-refractivity contribution in [3.63, 3.8) is 0 Å². The Kier molecular flexibility index (Phi) is 2.70. The van der Waals surface area contributed by atoms with E-state index in [0.29, 0.717) is 0 Å². The van der Waals surface area contributed by atoms with Crippen LogP contribution in [0.3, 0.4) is 0 Å². The number of hydrogen-bond donors (Lipinski definition) is 2. The zero-order valence-electron chi connectivity index (χ0n) is 6.88. The highest BCUT2D eigenvalue weighted by atomic mass is 32.2. The fourth-order valence-electron chi connectivity index (χ4n) is 0.764.